The van der Waals surface area contributed by atoms with E-state index in [-0.39, 0.29) is 18.3 Å². The second-order valence-corrected chi connectivity index (χ2v) is 8.12. The molecule has 30 heavy (non-hydrogen) atoms. The number of alkyl halides is 2. The Morgan fingerprint density at radius 1 is 1.23 bits per heavy atom. The number of aromatic nitrogens is 2. The first-order valence-corrected chi connectivity index (χ1v) is 10.3. The van der Waals surface area contributed by atoms with Gasteiger partial charge in [0, 0.05) is 24.7 Å². The number of anilines is 1. The van der Waals surface area contributed by atoms with Gasteiger partial charge in [0.2, 0.25) is 0 Å². The Bertz CT molecular complexity index is 951. The summed E-state index contributed by atoms with van der Waals surface area (Å²) in [6.45, 7) is 3.82. The van der Waals surface area contributed by atoms with Gasteiger partial charge in [0.1, 0.15) is 5.75 Å². The molecule has 0 amide bonds. The van der Waals surface area contributed by atoms with Crippen molar-refractivity contribution >= 4 is 5.82 Å². The van der Waals surface area contributed by atoms with Crippen molar-refractivity contribution < 1.29 is 13.9 Å². The molecule has 0 aliphatic carbocycles. The third kappa shape index (κ3) is 4.08. The van der Waals surface area contributed by atoms with Crippen molar-refractivity contribution in [1.82, 2.24) is 15.1 Å². The summed E-state index contributed by atoms with van der Waals surface area (Å²) in [5.74, 6) is 0.836. The predicted molar refractivity (Wildman–Crippen MR) is 110 cm³/mol. The minimum atomic E-state index is -2.32. The Hall–Kier alpha value is -2.79. The van der Waals surface area contributed by atoms with Crippen molar-refractivity contribution in [3.63, 3.8) is 0 Å². The molecule has 1 atom stereocenters. The third-order valence-electron chi connectivity index (χ3n) is 5.99. The van der Waals surface area contributed by atoms with Gasteiger partial charge in [-0.3, -0.25) is 4.90 Å². The second kappa shape index (κ2) is 8.52. The number of piperidine rings is 1. The van der Waals surface area contributed by atoms with Gasteiger partial charge in [-0.05, 0) is 68.5 Å². The molecule has 1 saturated heterocycles. The minimum absolute atomic E-state index is 0.0170. The van der Waals surface area contributed by atoms with Gasteiger partial charge in [0.25, 0.3) is 6.43 Å². The van der Waals surface area contributed by atoms with Crippen LogP contribution in [0.15, 0.2) is 18.2 Å². The number of phenols is 1. The number of phenolic OH excluding ortho intramolecular Hbond substituents is 1. The van der Waals surface area contributed by atoms with Crippen molar-refractivity contribution in [1.29, 1.82) is 5.26 Å². The maximum atomic E-state index is 12.8. The Morgan fingerprint density at radius 3 is 2.80 bits per heavy atom. The van der Waals surface area contributed by atoms with E-state index in [1.54, 1.807) is 6.07 Å². The molecule has 6 nitrogen and oxygen atoms in total. The van der Waals surface area contributed by atoms with E-state index >= 15 is 0 Å². The van der Waals surface area contributed by atoms with Crippen LogP contribution < -0.4 is 4.90 Å². The first-order chi connectivity index (χ1) is 14.5. The van der Waals surface area contributed by atoms with Crippen LogP contribution in [0.3, 0.4) is 0 Å². The molecule has 1 N–H and O–H groups in total. The van der Waals surface area contributed by atoms with Crippen LogP contribution in [0.1, 0.15) is 36.0 Å². The Kier molecular flexibility index (Phi) is 5.82. The SMILES string of the molecule is Cc1cc(C#N)cc(O)c1-c1cc2c(nn1)N(C1CCCN(CC(F)F)C1)CCC2. The van der Waals surface area contributed by atoms with Gasteiger partial charge in [-0.15, -0.1) is 10.2 Å². The van der Waals surface area contributed by atoms with Crippen LogP contribution in [0.5, 0.6) is 5.75 Å². The molecule has 1 aromatic carbocycles. The molecule has 1 unspecified atom stereocenters. The van der Waals surface area contributed by atoms with Gasteiger partial charge in [0.05, 0.1) is 23.9 Å². The highest BCUT2D eigenvalue weighted by atomic mass is 19.3. The molecule has 8 heteroatoms. The van der Waals surface area contributed by atoms with E-state index in [0.717, 1.165) is 49.2 Å². The molecule has 0 bridgehead atoms. The Balaban J connectivity index is 1.62. The van der Waals surface area contributed by atoms with E-state index in [2.05, 4.69) is 15.1 Å². The molecular weight excluding hydrogens is 388 g/mol. The maximum Gasteiger partial charge on any atom is 0.251 e. The number of rotatable bonds is 4. The number of hydrogen-bond donors (Lipinski definition) is 1. The van der Waals surface area contributed by atoms with E-state index in [4.69, 9.17) is 5.26 Å². The third-order valence-corrected chi connectivity index (χ3v) is 5.99. The summed E-state index contributed by atoms with van der Waals surface area (Å²) in [4.78, 5) is 4.06. The summed E-state index contributed by atoms with van der Waals surface area (Å²) in [6, 6.07) is 7.32. The van der Waals surface area contributed by atoms with Crippen LogP contribution >= 0.6 is 0 Å². The van der Waals surface area contributed by atoms with Crippen LogP contribution in [-0.2, 0) is 6.42 Å². The number of nitriles is 1. The molecule has 158 valence electrons. The van der Waals surface area contributed by atoms with Crippen molar-refractivity contribution in [2.24, 2.45) is 0 Å². The zero-order valence-corrected chi connectivity index (χ0v) is 17.0. The monoisotopic (exact) mass is 413 g/mol. The highest BCUT2D eigenvalue weighted by molar-refractivity contribution is 5.73. The summed E-state index contributed by atoms with van der Waals surface area (Å²) >= 11 is 0. The maximum absolute atomic E-state index is 12.8. The molecule has 4 rings (SSSR count). The van der Waals surface area contributed by atoms with Gasteiger partial charge in [-0.1, -0.05) is 0 Å². The van der Waals surface area contributed by atoms with Crippen molar-refractivity contribution in [2.75, 3.05) is 31.1 Å². The van der Waals surface area contributed by atoms with E-state index in [1.165, 1.54) is 6.07 Å². The van der Waals surface area contributed by atoms with Crippen molar-refractivity contribution in [3.05, 3.63) is 34.9 Å². The topological polar surface area (TPSA) is 76.3 Å². The van der Waals surface area contributed by atoms with Crippen LogP contribution in [0.4, 0.5) is 14.6 Å². The lowest BCUT2D eigenvalue weighted by Gasteiger charge is -2.42. The van der Waals surface area contributed by atoms with E-state index in [9.17, 15) is 13.9 Å². The van der Waals surface area contributed by atoms with Gasteiger partial charge in [-0.25, -0.2) is 8.78 Å². The van der Waals surface area contributed by atoms with Gasteiger partial charge in [-0.2, -0.15) is 5.26 Å². The Labute approximate surface area is 174 Å². The molecule has 0 spiro atoms. The average molecular weight is 413 g/mol. The van der Waals surface area contributed by atoms with Gasteiger partial charge < -0.3 is 10.0 Å². The smallest absolute Gasteiger partial charge is 0.251 e. The molecule has 2 aliphatic heterocycles. The number of fused-ring (bicyclic) bond motifs is 1. The molecule has 2 aromatic rings. The first kappa shape index (κ1) is 20.5. The zero-order valence-electron chi connectivity index (χ0n) is 17.0. The van der Waals surface area contributed by atoms with Crippen molar-refractivity contribution in [3.8, 4) is 23.1 Å². The number of benzene rings is 1. The number of aromatic hydroxyl groups is 1. The minimum Gasteiger partial charge on any atom is -0.507 e. The summed E-state index contributed by atoms with van der Waals surface area (Å²) in [6.07, 6.45) is 1.35. The summed E-state index contributed by atoms with van der Waals surface area (Å²) in [5.41, 5.74) is 3.39. The largest absolute Gasteiger partial charge is 0.507 e. The number of hydrogen-bond acceptors (Lipinski definition) is 6. The number of aryl methyl sites for hydroxylation is 2. The molecule has 3 heterocycles. The van der Waals surface area contributed by atoms with E-state index in [1.807, 2.05) is 24.0 Å². The van der Waals surface area contributed by atoms with Crippen molar-refractivity contribution in [2.45, 2.75) is 45.1 Å². The van der Waals surface area contributed by atoms with Crippen LogP contribution in [0.2, 0.25) is 0 Å². The quantitative estimate of drug-likeness (QED) is 0.827. The van der Waals surface area contributed by atoms with E-state index in [0.29, 0.717) is 29.9 Å². The first-order valence-electron chi connectivity index (χ1n) is 10.3. The fourth-order valence-electron chi connectivity index (χ4n) is 4.69. The Morgan fingerprint density at radius 2 is 2.07 bits per heavy atom. The van der Waals surface area contributed by atoms with Crippen LogP contribution in [0, 0.1) is 18.3 Å². The lowest BCUT2D eigenvalue weighted by molar-refractivity contribution is 0.0733. The normalized spacial score (nSPS) is 19.6. The summed E-state index contributed by atoms with van der Waals surface area (Å²) in [7, 11) is 0. The van der Waals surface area contributed by atoms with Crippen LogP contribution in [-0.4, -0.2) is 58.9 Å². The predicted octanol–water partition coefficient (Wildman–Crippen LogP) is 3.51. The molecule has 1 fully saturated rings. The zero-order chi connectivity index (χ0) is 21.3. The molecule has 0 radical (unpaired) electrons. The average Bonchev–Trinajstić information content (AvgIpc) is 2.72. The fraction of sp³-hybridized carbons (Fsp3) is 0.500. The molecule has 0 saturated carbocycles. The lowest BCUT2D eigenvalue weighted by atomic mass is 9.96. The number of halogens is 2. The summed E-state index contributed by atoms with van der Waals surface area (Å²) in [5, 5.41) is 28.4. The molecule has 1 aromatic heterocycles. The van der Waals surface area contributed by atoms with Gasteiger partial charge in [0.15, 0.2) is 5.82 Å². The standard InChI is InChI=1S/C22H25F2N5O/c1-14-8-15(11-25)9-19(30)21(14)18-10-16-4-2-7-29(22(16)27-26-18)17-5-3-6-28(12-17)13-20(23)24/h8-10,17,20,30H,2-7,12-13H2,1H3. The fourth-order valence-corrected chi connectivity index (χ4v) is 4.69. The van der Waals surface area contributed by atoms with Gasteiger partial charge >= 0.3 is 0 Å². The second-order valence-electron chi connectivity index (χ2n) is 8.12. The molecular formula is C22H25F2N5O. The van der Waals surface area contributed by atoms with Crippen LogP contribution in [0.25, 0.3) is 11.3 Å². The lowest BCUT2D eigenvalue weighted by Crippen LogP contribution is -2.51. The van der Waals surface area contributed by atoms with E-state index < -0.39 is 6.43 Å². The number of nitrogens with zero attached hydrogens (tertiary/aromatic N) is 5. The summed E-state index contributed by atoms with van der Waals surface area (Å²) < 4.78 is 25.7. The molecule has 2 aliphatic rings. The highest BCUT2D eigenvalue weighted by Gasteiger charge is 2.31. The highest BCUT2D eigenvalue weighted by Crippen LogP contribution is 2.36. The number of likely N-dealkylation sites (tertiary alicyclic amines) is 1.